The van der Waals surface area contributed by atoms with Gasteiger partial charge in [0.2, 0.25) is 0 Å². The maximum atomic E-state index is 11.0. The zero-order valence-corrected chi connectivity index (χ0v) is 11.5. The van der Waals surface area contributed by atoms with Gasteiger partial charge in [-0.05, 0) is 24.3 Å². The van der Waals surface area contributed by atoms with Gasteiger partial charge in [-0.2, -0.15) is 5.26 Å². The van der Waals surface area contributed by atoms with Crippen LogP contribution in [0.3, 0.4) is 0 Å². The highest BCUT2D eigenvalue weighted by Gasteiger charge is 2.12. The van der Waals surface area contributed by atoms with Crippen LogP contribution in [0.15, 0.2) is 48.7 Å². The first-order chi connectivity index (χ1) is 10.1. The van der Waals surface area contributed by atoms with Crippen molar-refractivity contribution >= 4 is 28.5 Å². The molecule has 0 saturated carbocycles. The topological polar surface area (TPSA) is 66.0 Å². The van der Waals surface area contributed by atoms with E-state index in [9.17, 15) is 10.1 Å². The van der Waals surface area contributed by atoms with Crippen molar-refractivity contribution in [2.45, 2.75) is 0 Å². The van der Waals surface area contributed by atoms with Gasteiger partial charge in [0.05, 0.1) is 21.7 Å². The van der Waals surface area contributed by atoms with E-state index in [4.69, 9.17) is 16.7 Å². The van der Waals surface area contributed by atoms with Crippen molar-refractivity contribution in [3.63, 3.8) is 0 Å². The van der Waals surface area contributed by atoms with E-state index in [2.05, 4.69) is 6.07 Å². The highest BCUT2D eigenvalue weighted by Crippen LogP contribution is 2.27. The number of para-hydroxylation sites is 1. The molecular formula is C16H9ClN2O2. The smallest absolute Gasteiger partial charge is 0.337 e. The highest BCUT2D eigenvalue weighted by atomic mass is 35.5. The summed E-state index contributed by atoms with van der Waals surface area (Å²) in [6.07, 6.45) is 1.72. The Morgan fingerprint density at radius 3 is 2.67 bits per heavy atom. The molecule has 0 atom stereocenters. The minimum atomic E-state index is -1.07. The molecule has 0 aliphatic heterocycles. The Kier molecular flexibility index (Phi) is 3.13. The number of benzene rings is 2. The molecule has 3 rings (SSSR count). The molecule has 1 aromatic heterocycles. The molecule has 0 fully saturated rings. The molecule has 0 amide bonds. The molecule has 3 aromatic rings. The first kappa shape index (κ1) is 13.2. The van der Waals surface area contributed by atoms with Gasteiger partial charge in [-0.15, -0.1) is 0 Å². The summed E-state index contributed by atoms with van der Waals surface area (Å²) < 4.78 is 1.82. The van der Waals surface area contributed by atoms with Crippen LogP contribution in [0.1, 0.15) is 15.9 Å². The number of fused-ring (bicyclic) bond motifs is 1. The predicted molar refractivity (Wildman–Crippen MR) is 80.0 cm³/mol. The summed E-state index contributed by atoms with van der Waals surface area (Å²) in [7, 11) is 0. The molecule has 4 nitrogen and oxygen atoms in total. The molecule has 0 unspecified atom stereocenters. The van der Waals surface area contributed by atoms with Gasteiger partial charge >= 0.3 is 5.97 Å². The summed E-state index contributed by atoms with van der Waals surface area (Å²) in [6.45, 7) is 0. The SMILES string of the molecule is N#Cc1cn(-c2ccc(C(=O)O)c(Cl)c2)c2ccccc12. The largest absolute Gasteiger partial charge is 0.478 e. The first-order valence-corrected chi connectivity index (χ1v) is 6.53. The molecular weight excluding hydrogens is 288 g/mol. The number of rotatable bonds is 2. The minimum Gasteiger partial charge on any atom is -0.478 e. The van der Waals surface area contributed by atoms with Crippen LogP contribution in [-0.2, 0) is 0 Å². The van der Waals surface area contributed by atoms with Gasteiger partial charge in [0, 0.05) is 17.3 Å². The van der Waals surface area contributed by atoms with Gasteiger partial charge in [-0.25, -0.2) is 4.79 Å². The third kappa shape index (κ3) is 2.14. The fourth-order valence-corrected chi connectivity index (χ4v) is 2.57. The number of hydrogen-bond donors (Lipinski definition) is 1. The van der Waals surface area contributed by atoms with Crippen molar-refractivity contribution in [2.75, 3.05) is 0 Å². The van der Waals surface area contributed by atoms with Gasteiger partial charge in [-0.1, -0.05) is 29.8 Å². The number of carbonyl (C=O) groups is 1. The molecule has 0 spiro atoms. The third-order valence-corrected chi connectivity index (χ3v) is 3.61. The second-order valence-corrected chi connectivity index (χ2v) is 4.92. The minimum absolute atomic E-state index is 0.0531. The molecule has 0 aliphatic rings. The second kappa shape index (κ2) is 4.97. The number of aromatic nitrogens is 1. The summed E-state index contributed by atoms with van der Waals surface area (Å²) in [5, 5.41) is 19.2. The van der Waals surface area contributed by atoms with E-state index < -0.39 is 5.97 Å². The van der Waals surface area contributed by atoms with Crippen LogP contribution in [0.2, 0.25) is 5.02 Å². The Morgan fingerprint density at radius 1 is 1.24 bits per heavy atom. The summed E-state index contributed by atoms with van der Waals surface area (Å²) in [5.74, 6) is -1.07. The molecule has 102 valence electrons. The average Bonchev–Trinajstić information content (AvgIpc) is 2.85. The Hall–Kier alpha value is -2.77. The van der Waals surface area contributed by atoms with E-state index in [1.807, 2.05) is 28.8 Å². The van der Waals surface area contributed by atoms with E-state index in [-0.39, 0.29) is 10.6 Å². The summed E-state index contributed by atoms with van der Waals surface area (Å²) in [5.41, 5.74) is 2.19. The lowest BCUT2D eigenvalue weighted by Gasteiger charge is -2.07. The Balaban J connectivity index is 2.24. The maximum absolute atomic E-state index is 11.0. The number of carboxylic acid groups (broad SMARTS) is 1. The van der Waals surface area contributed by atoms with Crippen molar-refractivity contribution in [2.24, 2.45) is 0 Å². The average molecular weight is 297 g/mol. The van der Waals surface area contributed by atoms with E-state index in [0.717, 1.165) is 10.9 Å². The molecule has 2 aromatic carbocycles. The first-order valence-electron chi connectivity index (χ1n) is 6.15. The van der Waals surface area contributed by atoms with Crippen LogP contribution in [0.5, 0.6) is 0 Å². The fourth-order valence-electron chi connectivity index (χ4n) is 2.31. The number of hydrogen-bond acceptors (Lipinski definition) is 2. The molecule has 0 aliphatic carbocycles. The molecule has 1 N–H and O–H groups in total. The van der Waals surface area contributed by atoms with Gasteiger partial charge in [0.15, 0.2) is 0 Å². The van der Waals surface area contributed by atoms with Crippen LogP contribution < -0.4 is 0 Å². The van der Waals surface area contributed by atoms with Crippen LogP contribution in [0.25, 0.3) is 16.6 Å². The van der Waals surface area contributed by atoms with Crippen LogP contribution in [0, 0.1) is 11.3 Å². The quantitative estimate of drug-likeness (QED) is 0.781. The Bertz CT molecular complexity index is 906. The zero-order valence-electron chi connectivity index (χ0n) is 10.7. The number of nitrogens with zero attached hydrogens (tertiary/aromatic N) is 2. The summed E-state index contributed by atoms with van der Waals surface area (Å²) in [4.78, 5) is 11.0. The maximum Gasteiger partial charge on any atom is 0.337 e. The van der Waals surface area contributed by atoms with E-state index in [0.29, 0.717) is 11.3 Å². The van der Waals surface area contributed by atoms with Gasteiger partial charge in [0.25, 0.3) is 0 Å². The fraction of sp³-hybridized carbons (Fsp3) is 0. The number of carboxylic acids is 1. The van der Waals surface area contributed by atoms with Crippen LogP contribution in [0.4, 0.5) is 0 Å². The Labute approximate surface area is 125 Å². The Morgan fingerprint density at radius 2 is 2.00 bits per heavy atom. The molecule has 0 radical (unpaired) electrons. The van der Waals surface area contributed by atoms with Crippen LogP contribution in [-0.4, -0.2) is 15.6 Å². The van der Waals surface area contributed by atoms with Crippen molar-refractivity contribution < 1.29 is 9.90 Å². The molecule has 0 bridgehead atoms. The van der Waals surface area contributed by atoms with E-state index in [1.165, 1.54) is 6.07 Å². The third-order valence-electron chi connectivity index (χ3n) is 3.29. The van der Waals surface area contributed by atoms with Gasteiger partial charge in [-0.3, -0.25) is 0 Å². The summed E-state index contributed by atoms with van der Waals surface area (Å²) >= 11 is 6.01. The van der Waals surface area contributed by atoms with Crippen molar-refractivity contribution in [1.29, 1.82) is 5.26 Å². The number of halogens is 1. The predicted octanol–water partition coefficient (Wildman–Crippen LogP) is 3.85. The van der Waals surface area contributed by atoms with E-state index in [1.54, 1.807) is 18.3 Å². The monoisotopic (exact) mass is 296 g/mol. The molecule has 0 saturated heterocycles. The van der Waals surface area contributed by atoms with Crippen molar-refractivity contribution in [3.05, 3.63) is 64.8 Å². The number of nitriles is 1. The van der Waals surface area contributed by atoms with Crippen molar-refractivity contribution in [1.82, 2.24) is 4.57 Å². The molecule has 21 heavy (non-hydrogen) atoms. The summed E-state index contributed by atoms with van der Waals surface area (Å²) in [6, 6.07) is 14.4. The van der Waals surface area contributed by atoms with Crippen LogP contribution >= 0.6 is 11.6 Å². The lowest BCUT2D eigenvalue weighted by atomic mass is 10.2. The standard InChI is InChI=1S/C16H9ClN2O2/c17-14-7-11(5-6-13(14)16(20)21)19-9-10(8-18)12-3-1-2-4-15(12)19/h1-7,9H,(H,20,21). The lowest BCUT2D eigenvalue weighted by molar-refractivity contribution is 0.0697. The molecule has 1 heterocycles. The van der Waals surface area contributed by atoms with Crippen molar-refractivity contribution in [3.8, 4) is 11.8 Å². The zero-order chi connectivity index (χ0) is 15.0. The second-order valence-electron chi connectivity index (χ2n) is 4.51. The lowest BCUT2D eigenvalue weighted by Crippen LogP contribution is -1.99. The highest BCUT2D eigenvalue weighted by molar-refractivity contribution is 6.33. The normalized spacial score (nSPS) is 10.5. The van der Waals surface area contributed by atoms with Gasteiger partial charge in [0.1, 0.15) is 6.07 Å². The van der Waals surface area contributed by atoms with E-state index >= 15 is 0 Å². The number of aromatic carboxylic acids is 1. The molecule has 5 heteroatoms. The van der Waals surface area contributed by atoms with Gasteiger partial charge < -0.3 is 9.67 Å².